The van der Waals surface area contributed by atoms with Crippen LogP contribution in [0.3, 0.4) is 0 Å². The number of carbonyl (C=O) groups is 1. The Morgan fingerprint density at radius 3 is 2.79 bits per heavy atom. The second kappa shape index (κ2) is 6.05. The number of anilines is 1. The maximum Gasteiger partial charge on any atom is 0.267 e. The number of carbonyl (C=O) groups excluding carboxylic acids is 1. The molecule has 120 valence electrons. The molecule has 3 aromatic rings. The van der Waals surface area contributed by atoms with E-state index < -0.39 is 6.04 Å². The van der Waals surface area contributed by atoms with Crippen LogP contribution in [-0.4, -0.2) is 15.7 Å². The molecule has 0 spiro atoms. The van der Waals surface area contributed by atoms with Crippen LogP contribution in [0.4, 0.5) is 5.69 Å². The van der Waals surface area contributed by atoms with Gasteiger partial charge in [0.05, 0.1) is 4.88 Å². The predicted molar refractivity (Wildman–Crippen MR) is 94.2 cm³/mol. The van der Waals surface area contributed by atoms with Crippen molar-refractivity contribution in [3.05, 3.63) is 69.8 Å². The van der Waals surface area contributed by atoms with Crippen molar-refractivity contribution < 1.29 is 4.79 Å². The van der Waals surface area contributed by atoms with Gasteiger partial charge >= 0.3 is 0 Å². The van der Waals surface area contributed by atoms with Gasteiger partial charge in [-0.25, -0.2) is 4.68 Å². The summed E-state index contributed by atoms with van der Waals surface area (Å²) in [5, 5.41) is 9.32. The number of hydrogen-bond acceptors (Lipinski definition) is 4. The Kier molecular flexibility index (Phi) is 3.74. The summed E-state index contributed by atoms with van der Waals surface area (Å²) in [6.45, 7) is 0. The van der Waals surface area contributed by atoms with Gasteiger partial charge in [0.25, 0.3) is 5.56 Å². The molecule has 6 heteroatoms. The summed E-state index contributed by atoms with van der Waals surface area (Å²) in [6, 6.07) is 14.2. The van der Waals surface area contributed by atoms with Crippen LogP contribution < -0.4 is 10.9 Å². The lowest BCUT2D eigenvalue weighted by Gasteiger charge is -2.15. The number of thiophene rings is 1. The van der Waals surface area contributed by atoms with E-state index >= 15 is 0 Å². The maximum absolute atomic E-state index is 12.6. The number of rotatable bonds is 2. The Bertz CT molecular complexity index is 947. The fourth-order valence-corrected chi connectivity index (χ4v) is 3.63. The summed E-state index contributed by atoms with van der Waals surface area (Å²) in [7, 11) is 0. The van der Waals surface area contributed by atoms with Crippen molar-refractivity contribution in [1.82, 2.24) is 9.78 Å². The second-order valence-corrected chi connectivity index (χ2v) is 6.63. The minimum atomic E-state index is -0.607. The molecule has 0 fully saturated rings. The molecule has 24 heavy (non-hydrogen) atoms. The van der Waals surface area contributed by atoms with Crippen LogP contribution in [-0.2, 0) is 11.2 Å². The molecular weight excluding hydrogens is 322 g/mol. The Hall–Kier alpha value is -2.73. The third-order valence-electron chi connectivity index (χ3n) is 4.16. The smallest absolute Gasteiger partial charge is 0.267 e. The highest BCUT2D eigenvalue weighted by Gasteiger charge is 2.26. The number of nitrogens with zero attached hydrogens (tertiary/aromatic N) is 2. The van der Waals surface area contributed by atoms with Crippen molar-refractivity contribution in [3.8, 4) is 10.6 Å². The average molecular weight is 337 g/mol. The van der Waals surface area contributed by atoms with E-state index in [4.69, 9.17) is 0 Å². The maximum atomic E-state index is 12.6. The second-order valence-electron chi connectivity index (χ2n) is 5.68. The Balaban J connectivity index is 1.73. The fourth-order valence-electron chi connectivity index (χ4n) is 2.94. The highest BCUT2D eigenvalue weighted by Crippen LogP contribution is 2.27. The van der Waals surface area contributed by atoms with E-state index in [0.29, 0.717) is 12.1 Å². The van der Waals surface area contributed by atoms with E-state index in [1.54, 1.807) is 17.4 Å². The van der Waals surface area contributed by atoms with Gasteiger partial charge in [-0.2, -0.15) is 5.10 Å². The summed E-state index contributed by atoms with van der Waals surface area (Å²) in [6.07, 6.45) is 1.26. The standard InChI is InChI=1S/C18H15N3O2S/c22-17-10-8-14(16-6-3-11-24-16)20-21(17)15-9-7-12-4-1-2-5-13(12)19-18(15)23/h1-6,8,10-11,15H,7,9H2,(H,19,23)/t15-/m1/s1. The zero-order valence-electron chi connectivity index (χ0n) is 12.8. The summed E-state index contributed by atoms with van der Waals surface area (Å²) in [5.41, 5.74) is 2.34. The van der Waals surface area contributed by atoms with Crippen molar-refractivity contribution in [2.24, 2.45) is 0 Å². The van der Waals surface area contributed by atoms with E-state index in [9.17, 15) is 9.59 Å². The van der Waals surface area contributed by atoms with Crippen LogP contribution in [0.15, 0.2) is 58.7 Å². The number of benzene rings is 1. The van der Waals surface area contributed by atoms with E-state index in [1.807, 2.05) is 41.8 Å². The van der Waals surface area contributed by atoms with E-state index in [0.717, 1.165) is 22.5 Å². The monoisotopic (exact) mass is 337 g/mol. The number of hydrogen-bond donors (Lipinski definition) is 1. The van der Waals surface area contributed by atoms with Gasteiger partial charge in [-0.05, 0) is 42.0 Å². The first-order valence-corrected chi connectivity index (χ1v) is 8.63. The van der Waals surface area contributed by atoms with Crippen molar-refractivity contribution in [2.75, 3.05) is 5.32 Å². The molecular formula is C18H15N3O2S. The average Bonchev–Trinajstić information content (AvgIpc) is 3.07. The van der Waals surface area contributed by atoms with Crippen molar-refractivity contribution in [1.29, 1.82) is 0 Å². The molecule has 2 aromatic heterocycles. The number of aromatic nitrogens is 2. The minimum Gasteiger partial charge on any atom is -0.324 e. The molecule has 1 aliphatic rings. The first-order valence-electron chi connectivity index (χ1n) is 7.75. The van der Waals surface area contributed by atoms with Crippen molar-refractivity contribution >= 4 is 22.9 Å². The van der Waals surface area contributed by atoms with Crippen LogP contribution >= 0.6 is 11.3 Å². The molecule has 4 rings (SSSR count). The summed E-state index contributed by atoms with van der Waals surface area (Å²) >= 11 is 1.55. The lowest BCUT2D eigenvalue weighted by molar-refractivity contribution is -0.119. The van der Waals surface area contributed by atoms with Crippen LogP contribution in [0.2, 0.25) is 0 Å². The summed E-state index contributed by atoms with van der Waals surface area (Å²) in [5.74, 6) is -0.196. The Morgan fingerprint density at radius 2 is 1.96 bits per heavy atom. The topological polar surface area (TPSA) is 64.0 Å². The highest BCUT2D eigenvalue weighted by atomic mass is 32.1. The molecule has 1 aromatic carbocycles. The summed E-state index contributed by atoms with van der Waals surface area (Å²) < 4.78 is 1.32. The molecule has 3 heterocycles. The van der Waals surface area contributed by atoms with Crippen LogP contribution in [0.1, 0.15) is 18.0 Å². The van der Waals surface area contributed by atoms with Crippen LogP contribution in [0.25, 0.3) is 10.6 Å². The lowest BCUT2D eigenvalue weighted by atomic mass is 10.1. The third kappa shape index (κ3) is 2.65. The van der Waals surface area contributed by atoms with Crippen LogP contribution in [0, 0.1) is 0 Å². The SMILES string of the molecule is O=C1Nc2ccccc2CC[C@H]1n1nc(-c2cccs2)ccc1=O. The Labute approximate surface area is 142 Å². The van der Waals surface area contributed by atoms with Gasteiger partial charge < -0.3 is 5.32 Å². The molecule has 0 saturated heterocycles. The largest absolute Gasteiger partial charge is 0.324 e. The number of nitrogens with one attached hydrogen (secondary N) is 1. The van der Waals surface area contributed by atoms with E-state index in [1.165, 1.54) is 10.7 Å². The summed E-state index contributed by atoms with van der Waals surface area (Å²) in [4.78, 5) is 25.9. The quantitative estimate of drug-likeness (QED) is 0.781. The zero-order valence-corrected chi connectivity index (χ0v) is 13.6. The molecule has 1 N–H and O–H groups in total. The number of amides is 1. The van der Waals surface area contributed by atoms with Crippen LogP contribution in [0.5, 0.6) is 0 Å². The minimum absolute atomic E-state index is 0.196. The van der Waals surface area contributed by atoms with Gasteiger partial charge in [0.1, 0.15) is 11.7 Å². The first kappa shape index (κ1) is 14.8. The van der Waals surface area contributed by atoms with Crippen molar-refractivity contribution in [2.45, 2.75) is 18.9 Å². The molecule has 0 aliphatic carbocycles. The third-order valence-corrected chi connectivity index (χ3v) is 5.05. The van der Waals surface area contributed by atoms with Gasteiger partial charge in [0, 0.05) is 11.8 Å². The number of aryl methyl sites for hydroxylation is 1. The fraction of sp³-hybridized carbons (Fsp3) is 0.167. The molecule has 0 unspecified atom stereocenters. The normalized spacial score (nSPS) is 17.0. The molecule has 5 nitrogen and oxygen atoms in total. The Morgan fingerprint density at radius 1 is 1.08 bits per heavy atom. The molecule has 0 saturated carbocycles. The van der Waals surface area contributed by atoms with Gasteiger partial charge in [0.2, 0.25) is 5.91 Å². The molecule has 1 aliphatic heterocycles. The van der Waals surface area contributed by atoms with Gasteiger partial charge in [-0.15, -0.1) is 11.3 Å². The van der Waals surface area contributed by atoms with Gasteiger partial charge in [0.15, 0.2) is 0 Å². The van der Waals surface area contributed by atoms with E-state index in [-0.39, 0.29) is 11.5 Å². The predicted octanol–water partition coefficient (Wildman–Crippen LogP) is 3.10. The van der Waals surface area contributed by atoms with Gasteiger partial charge in [-0.1, -0.05) is 24.3 Å². The molecule has 0 radical (unpaired) electrons. The van der Waals surface area contributed by atoms with E-state index in [2.05, 4.69) is 10.4 Å². The highest BCUT2D eigenvalue weighted by molar-refractivity contribution is 7.13. The molecule has 1 amide bonds. The first-order chi connectivity index (χ1) is 11.7. The molecule has 0 bridgehead atoms. The molecule has 1 atom stereocenters. The van der Waals surface area contributed by atoms with Crippen molar-refractivity contribution in [3.63, 3.8) is 0 Å². The number of para-hydroxylation sites is 1. The number of fused-ring (bicyclic) bond motifs is 1. The van der Waals surface area contributed by atoms with Gasteiger partial charge in [-0.3, -0.25) is 9.59 Å². The lowest BCUT2D eigenvalue weighted by Crippen LogP contribution is -2.34. The zero-order chi connectivity index (χ0) is 16.5.